The fraction of sp³-hybridized carbons (Fsp3) is 0.0769. The highest BCUT2D eigenvalue weighted by Gasteiger charge is 2.11. The van der Waals surface area contributed by atoms with Crippen molar-refractivity contribution in [3.8, 4) is 39.6 Å². The van der Waals surface area contributed by atoms with Gasteiger partial charge in [-0.1, -0.05) is 66.7 Å². The van der Waals surface area contributed by atoms with Gasteiger partial charge in [0.25, 0.3) is 0 Å². The lowest BCUT2D eigenvalue weighted by atomic mass is 10.0. The maximum absolute atomic E-state index is 10.1. The number of thiazole rings is 1. The molecule has 0 bridgehead atoms. The van der Waals surface area contributed by atoms with Crippen molar-refractivity contribution >= 4 is 17.6 Å². The summed E-state index contributed by atoms with van der Waals surface area (Å²) in [7, 11) is 0. The number of aromatic nitrogens is 1. The predicted molar refractivity (Wildman–Crippen MR) is 133 cm³/mol. The van der Waals surface area contributed by atoms with Gasteiger partial charge in [0.2, 0.25) is 10.6 Å². The Hall–Kier alpha value is -4.10. The summed E-state index contributed by atoms with van der Waals surface area (Å²) in [6, 6.07) is 21.1. The van der Waals surface area contributed by atoms with Gasteiger partial charge in [-0.2, -0.15) is 5.10 Å². The number of aromatic hydroxyl groups is 3. The number of nitrogens with zero attached hydrogens (tertiary/aromatic N) is 3. The Kier molecular flexibility index (Phi) is 6.42. The number of benzene rings is 3. The molecule has 3 N–H and O–H groups in total. The van der Waals surface area contributed by atoms with E-state index in [1.165, 1.54) is 29.7 Å². The lowest BCUT2D eigenvalue weighted by Gasteiger charge is -2.07. The third kappa shape index (κ3) is 4.88. The van der Waals surface area contributed by atoms with Crippen LogP contribution in [0.2, 0.25) is 0 Å². The zero-order chi connectivity index (χ0) is 23.4. The largest absolute Gasteiger partial charge is 0.504 e. The second-order valence-electron chi connectivity index (χ2n) is 7.55. The average Bonchev–Trinajstić information content (AvgIpc) is 3.24. The van der Waals surface area contributed by atoms with Gasteiger partial charge in [-0.25, -0.2) is 4.68 Å². The van der Waals surface area contributed by atoms with Gasteiger partial charge in [-0.3, -0.25) is 4.99 Å². The van der Waals surface area contributed by atoms with Crippen molar-refractivity contribution in [2.45, 2.75) is 6.92 Å². The molecule has 0 fully saturated rings. The van der Waals surface area contributed by atoms with E-state index in [4.69, 9.17) is 0 Å². The molecule has 7 heteroatoms. The van der Waals surface area contributed by atoms with Crippen LogP contribution in [0.4, 0.5) is 0 Å². The zero-order valence-corrected chi connectivity index (χ0v) is 18.8. The summed E-state index contributed by atoms with van der Waals surface area (Å²) >= 11 is 1.45. The second-order valence-corrected chi connectivity index (χ2v) is 8.38. The minimum Gasteiger partial charge on any atom is -0.504 e. The lowest BCUT2D eigenvalue weighted by Crippen LogP contribution is -2.13. The molecular formula is C26H23N3O3S. The van der Waals surface area contributed by atoms with Crippen LogP contribution in [0.3, 0.4) is 0 Å². The molecule has 0 spiro atoms. The minimum atomic E-state index is -0.585. The normalized spacial score (nSPS) is 11.8. The van der Waals surface area contributed by atoms with Crippen LogP contribution in [0.1, 0.15) is 12.5 Å². The maximum Gasteiger partial charge on any atom is 0.206 e. The summed E-state index contributed by atoms with van der Waals surface area (Å²) in [4.78, 5) is 5.27. The monoisotopic (exact) mass is 457 g/mol. The molecule has 0 radical (unpaired) electrons. The molecule has 1 heterocycles. The summed E-state index contributed by atoms with van der Waals surface area (Å²) in [6.45, 7) is 6.28. The van der Waals surface area contributed by atoms with Crippen LogP contribution in [0.25, 0.3) is 22.4 Å². The van der Waals surface area contributed by atoms with Gasteiger partial charge >= 0.3 is 0 Å². The van der Waals surface area contributed by atoms with E-state index in [0.29, 0.717) is 11.3 Å². The third-order valence-corrected chi connectivity index (χ3v) is 5.78. The van der Waals surface area contributed by atoms with E-state index in [9.17, 15) is 15.3 Å². The van der Waals surface area contributed by atoms with Crippen molar-refractivity contribution in [3.05, 3.63) is 94.6 Å². The first-order valence-electron chi connectivity index (χ1n) is 10.2. The van der Waals surface area contributed by atoms with Crippen molar-refractivity contribution in [1.29, 1.82) is 0 Å². The highest BCUT2D eigenvalue weighted by molar-refractivity contribution is 7.07. The van der Waals surface area contributed by atoms with Gasteiger partial charge in [-0.05, 0) is 30.2 Å². The second kappa shape index (κ2) is 9.58. The third-order valence-electron chi connectivity index (χ3n) is 4.93. The van der Waals surface area contributed by atoms with Gasteiger partial charge < -0.3 is 15.3 Å². The molecule has 4 rings (SSSR count). The van der Waals surface area contributed by atoms with Crippen LogP contribution in [0, 0.1) is 0 Å². The van der Waals surface area contributed by atoms with Crippen molar-refractivity contribution in [1.82, 2.24) is 4.68 Å². The molecule has 0 saturated carbocycles. The quantitative estimate of drug-likeness (QED) is 0.207. The van der Waals surface area contributed by atoms with E-state index >= 15 is 0 Å². The summed E-state index contributed by atoms with van der Waals surface area (Å²) in [5.41, 5.74) is 5.23. The van der Waals surface area contributed by atoms with E-state index in [1.807, 2.05) is 42.6 Å². The first-order valence-corrected chi connectivity index (χ1v) is 11.1. The minimum absolute atomic E-state index is 0.264. The molecule has 0 amide bonds. The van der Waals surface area contributed by atoms with Crippen molar-refractivity contribution in [3.63, 3.8) is 0 Å². The Morgan fingerprint density at radius 3 is 2.27 bits per heavy atom. The van der Waals surface area contributed by atoms with Crippen LogP contribution in [0.5, 0.6) is 17.2 Å². The molecule has 0 saturated heterocycles. The van der Waals surface area contributed by atoms with E-state index in [1.54, 1.807) is 4.68 Å². The van der Waals surface area contributed by atoms with Gasteiger partial charge in [0.1, 0.15) is 0 Å². The number of hydrogen-bond acceptors (Lipinski definition) is 6. The van der Waals surface area contributed by atoms with Crippen LogP contribution >= 0.6 is 11.3 Å². The molecule has 0 unspecified atom stereocenters. The summed E-state index contributed by atoms with van der Waals surface area (Å²) < 4.78 is 1.69. The molecule has 1 aromatic heterocycles. The zero-order valence-electron chi connectivity index (χ0n) is 18.0. The average molecular weight is 458 g/mol. The van der Waals surface area contributed by atoms with Crippen LogP contribution < -0.4 is 4.80 Å². The Morgan fingerprint density at radius 2 is 1.58 bits per heavy atom. The summed E-state index contributed by atoms with van der Waals surface area (Å²) in [5.74, 6) is -1.42. The number of phenols is 3. The van der Waals surface area contributed by atoms with E-state index < -0.39 is 17.2 Å². The Morgan fingerprint density at radius 1 is 0.909 bits per heavy atom. The Bertz CT molecular complexity index is 1380. The molecule has 4 aromatic rings. The van der Waals surface area contributed by atoms with Crippen molar-refractivity contribution < 1.29 is 15.3 Å². The van der Waals surface area contributed by atoms with Gasteiger partial charge in [-0.15, -0.1) is 11.3 Å². The van der Waals surface area contributed by atoms with Gasteiger partial charge in [0, 0.05) is 16.5 Å². The molecule has 166 valence electrons. The highest BCUT2D eigenvalue weighted by Crippen LogP contribution is 2.36. The van der Waals surface area contributed by atoms with Crippen LogP contribution in [-0.4, -0.2) is 32.8 Å². The van der Waals surface area contributed by atoms with Crippen LogP contribution in [0.15, 0.2) is 94.4 Å². The smallest absolute Gasteiger partial charge is 0.206 e. The maximum atomic E-state index is 10.1. The Balaban J connectivity index is 1.76. The summed E-state index contributed by atoms with van der Waals surface area (Å²) in [6.07, 6.45) is 1.42. The first kappa shape index (κ1) is 22.1. The fourth-order valence-corrected chi connectivity index (χ4v) is 4.03. The number of phenolic OH excluding ortho intramolecular Hbond substituents is 3. The van der Waals surface area contributed by atoms with Gasteiger partial charge in [0.15, 0.2) is 11.5 Å². The number of rotatable bonds is 6. The molecule has 0 aliphatic carbocycles. The van der Waals surface area contributed by atoms with Crippen molar-refractivity contribution in [2.75, 3.05) is 6.54 Å². The van der Waals surface area contributed by atoms with Crippen LogP contribution in [-0.2, 0) is 0 Å². The standard InChI is InChI=1S/C26H23N3O3S/c1-17(2)14-27-26-29(28-15-21-12-13-23(30)25(32)24(21)31)22(16-33-26)20-10-8-19(9-11-20)18-6-4-3-5-7-18/h3-13,15-16,30-32H,1,14H2,2H3. The summed E-state index contributed by atoms with van der Waals surface area (Å²) in [5, 5.41) is 36.0. The number of hydrogen-bond donors (Lipinski definition) is 3. The molecule has 3 aromatic carbocycles. The van der Waals surface area contributed by atoms with E-state index in [-0.39, 0.29) is 5.56 Å². The molecule has 0 atom stereocenters. The molecule has 0 aliphatic heterocycles. The SMILES string of the molecule is C=C(C)CN=c1scc(-c2ccc(-c3ccccc3)cc2)n1N=Cc1ccc(O)c(O)c1O. The lowest BCUT2D eigenvalue weighted by molar-refractivity contribution is 0.367. The first-order chi connectivity index (χ1) is 15.9. The van der Waals surface area contributed by atoms with Gasteiger partial charge in [0.05, 0.1) is 18.5 Å². The van der Waals surface area contributed by atoms with E-state index in [2.05, 4.69) is 40.9 Å². The predicted octanol–water partition coefficient (Wildman–Crippen LogP) is 5.36. The molecule has 33 heavy (non-hydrogen) atoms. The van der Waals surface area contributed by atoms with E-state index in [0.717, 1.165) is 28.0 Å². The molecular weight excluding hydrogens is 434 g/mol. The fourth-order valence-electron chi connectivity index (χ4n) is 3.19. The Labute approximate surface area is 195 Å². The van der Waals surface area contributed by atoms with Crippen molar-refractivity contribution in [2.24, 2.45) is 10.1 Å². The highest BCUT2D eigenvalue weighted by atomic mass is 32.1. The molecule has 6 nitrogen and oxygen atoms in total. The topological polar surface area (TPSA) is 90.3 Å². The molecule has 0 aliphatic rings.